The Morgan fingerprint density at radius 3 is 2.56 bits per heavy atom. The molecule has 6 nitrogen and oxygen atoms in total. The first-order chi connectivity index (χ1) is 11.9. The molecule has 0 unspecified atom stereocenters. The number of amides is 1. The van der Waals surface area contributed by atoms with Gasteiger partial charge in [-0.2, -0.15) is 0 Å². The van der Waals surface area contributed by atoms with Crippen molar-refractivity contribution in [3.8, 4) is 0 Å². The van der Waals surface area contributed by atoms with Crippen molar-refractivity contribution < 1.29 is 18.4 Å². The Hall–Kier alpha value is -3.22. The average molecular weight is 342 g/mol. The zero-order chi connectivity index (χ0) is 18.0. The SMILES string of the molecule is Cn1c(=O)oc2cc(NC(=O)CCC(=O)c3ccc(F)cc3)ccc21. The molecule has 0 saturated carbocycles. The highest BCUT2D eigenvalue weighted by Gasteiger charge is 2.11. The Bertz CT molecular complexity index is 1000. The number of Topliss-reactive ketones (excluding diaryl/α,β-unsaturated/α-hetero) is 1. The number of hydrogen-bond donors (Lipinski definition) is 1. The number of rotatable bonds is 5. The molecule has 128 valence electrons. The van der Waals surface area contributed by atoms with Crippen LogP contribution in [0.25, 0.3) is 11.1 Å². The van der Waals surface area contributed by atoms with Crippen LogP contribution in [0, 0.1) is 5.82 Å². The van der Waals surface area contributed by atoms with E-state index in [-0.39, 0.29) is 24.5 Å². The molecule has 1 heterocycles. The molecule has 0 fully saturated rings. The molecular weight excluding hydrogens is 327 g/mol. The van der Waals surface area contributed by atoms with Crippen LogP contribution >= 0.6 is 0 Å². The summed E-state index contributed by atoms with van der Waals surface area (Å²) in [5.41, 5.74) is 1.82. The topological polar surface area (TPSA) is 81.3 Å². The smallest absolute Gasteiger partial charge is 0.408 e. The Kier molecular flexibility index (Phi) is 4.47. The van der Waals surface area contributed by atoms with Gasteiger partial charge in [0.05, 0.1) is 5.52 Å². The highest BCUT2D eigenvalue weighted by molar-refractivity contribution is 6.00. The van der Waals surface area contributed by atoms with E-state index in [4.69, 9.17) is 4.42 Å². The Balaban J connectivity index is 1.61. The van der Waals surface area contributed by atoms with E-state index in [1.807, 2.05) is 0 Å². The Morgan fingerprint density at radius 2 is 1.84 bits per heavy atom. The number of halogens is 1. The molecule has 3 rings (SSSR count). The maximum Gasteiger partial charge on any atom is 0.419 e. The van der Waals surface area contributed by atoms with Crippen molar-refractivity contribution in [2.45, 2.75) is 12.8 Å². The normalized spacial score (nSPS) is 10.8. The fourth-order valence-electron chi connectivity index (χ4n) is 2.44. The van der Waals surface area contributed by atoms with Gasteiger partial charge in [0.1, 0.15) is 5.82 Å². The molecular formula is C18H15FN2O4. The van der Waals surface area contributed by atoms with Gasteiger partial charge in [0.15, 0.2) is 11.4 Å². The minimum atomic E-state index is -0.483. The standard InChI is InChI=1S/C18H15FN2O4/c1-21-14-7-6-13(10-16(14)25-18(21)24)20-17(23)9-8-15(22)11-2-4-12(19)5-3-11/h2-7,10H,8-9H2,1H3,(H,20,23). The predicted octanol–water partition coefficient (Wildman–Crippen LogP) is 2.87. The third-order valence-electron chi connectivity index (χ3n) is 3.82. The third-order valence-corrected chi connectivity index (χ3v) is 3.82. The van der Waals surface area contributed by atoms with E-state index in [1.165, 1.54) is 28.8 Å². The molecule has 0 aliphatic heterocycles. The summed E-state index contributed by atoms with van der Waals surface area (Å²) in [4.78, 5) is 35.4. The van der Waals surface area contributed by atoms with Crippen LogP contribution in [-0.2, 0) is 11.8 Å². The van der Waals surface area contributed by atoms with E-state index in [2.05, 4.69) is 5.32 Å². The van der Waals surface area contributed by atoms with E-state index < -0.39 is 11.6 Å². The molecule has 0 atom stereocenters. The largest absolute Gasteiger partial charge is 0.419 e. The number of aryl methyl sites for hydroxylation is 1. The van der Waals surface area contributed by atoms with Gasteiger partial charge in [0.25, 0.3) is 0 Å². The second-order valence-corrected chi connectivity index (χ2v) is 5.59. The fourth-order valence-corrected chi connectivity index (χ4v) is 2.44. The summed E-state index contributed by atoms with van der Waals surface area (Å²) in [6.45, 7) is 0. The number of ketones is 1. The van der Waals surface area contributed by atoms with Crippen LogP contribution in [0.2, 0.25) is 0 Å². The maximum atomic E-state index is 12.8. The van der Waals surface area contributed by atoms with Crippen molar-refractivity contribution in [3.05, 3.63) is 64.4 Å². The summed E-state index contributed by atoms with van der Waals surface area (Å²) in [6, 6.07) is 10.1. The van der Waals surface area contributed by atoms with Crippen molar-refractivity contribution in [1.82, 2.24) is 4.57 Å². The van der Waals surface area contributed by atoms with Crippen molar-refractivity contribution in [3.63, 3.8) is 0 Å². The molecule has 7 heteroatoms. The average Bonchev–Trinajstić information content (AvgIpc) is 2.87. The molecule has 3 aromatic rings. The molecule has 0 aliphatic carbocycles. The first-order valence-electron chi connectivity index (χ1n) is 7.62. The number of aromatic nitrogens is 1. The van der Waals surface area contributed by atoms with Crippen LogP contribution in [-0.4, -0.2) is 16.3 Å². The van der Waals surface area contributed by atoms with Gasteiger partial charge in [-0.05, 0) is 36.4 Å². The van der Waals surface area contributed by atoms with Gasteiger partial charge in [-0.3, -0.25) is 14.2 Å². The monoisotopic (exact) mass is 342 g/mol. The number of oxazole rings is 1. The zero-order valence-electron chi connectivity index (χ0n) is 13.4. The van der Waals surface area contributed by atoms with Gasteiger partial charge in [0.2, 0.25) is 5.91 Å². The first-order valence-corrected chi connectivity index (χ1v) is 7.62. The quantitative estimate of drug-likeness (QED) is 0.723. The van der Waals surface area contributed by atoms with Crippen LogP contribution < -0.4 is 11.1 Å². The van der Waals surface area contributed by atoms with Gasteiger partial charge in [0, 0.05) is 37.2 Å². The second kappa shape index (κ2) is 6.72. The Morgan fingerprint density at radius 1 is 1.12 bits per heavy atom. The molecule has 25 heavy (non-hydrogen) atoms. The maximum absolute atomic E-state index is 12.8. The van der Waals surface area contributed by atoms with Gasteiger partial charge in [-0.1, -0.05) is 0 Å². The lowest BCUT2D eigenvalue weighted by molar-refractivity contribution is -0.116. The highest BCUT2D eigenvalue weighted by atomic mass is 19.1. The molecule has 0 spiro atoms. The third kappa shape index (κ3) is 3.65. The van der Waals surface area contributed by atoms with Crippen LogP contribution in [0.4, 0.5) is 10.1 Å². The number of hydrogen-bond acceptors (Lipinski definition) is 4. The summed E-state index contributed by atoms with van der Waals surface area (Å²) in [7, 11) is 1.59. The molecule has 1 N–H and O–H groups in total. The number of carbonyl (C=O) groups excluding carboxylic acids is 2. The highest BCUT2D eigenvalue weighted by Crippen LogP contribution is 2.18. The molecule has 1 amide bonds. The lowest BCUT2D eigenvalue weighted by Gasteiger charge is -2.05. The van der Waals surface area contributed by atoms with Crippen LogP contribution in [0.1, 0.15) is 23.2 Å². The number of anilines is 1. The van der Waals surface area contributed by atoms with E-state index in [0.717, 1.165) is 0 Å². The van der Waals surface area contributed by atoms with Gasteiger partial charge < -0.3 is 9.73 Å². The van der Waals surface area contributed by atoms with E-state index in [1.54, 1.807) is 25.2 Å². The van der Waals surface area contributed by atoms with Crippen molar-refractivity contribution >= 4 is 28.5 Å². The molecule has 1 aromatic heterocycles. The summed E-state index contributed by atoms with van der Waals surface area (Å²) in [5.74, 6) is -1.48. The van der Waals surface area contributed by atoms with E-state index in [0.29, 0.717) is 22.4 Å². The van der Waals surface area contributed by atoms with E-state index in [9.17, 15) is 18.8 Å². The number of nitrogens with zero attached hydrogens (tertiary/aromatic N) is 1. The van der Waals surface area contributed by atoms with Crippen molar-refractivity contribution in [2.75, 3.05) is 5.32 Å². The fraction of sp³-hybridized carbons (Fsp3) is 0.167. The number of nitrogens with one attached hydrogen (secondary N) is 1. The summed E-state index contributed by atoms with van der Waals surface area (Å²) in [5, 5.41) is 2.66. The van der Waals surface area contributed by atoms with Gasteiger partial charge >= 0.3 is 5.76 Å². The minimum Gasteiger partial charge on any atom is -0.408 e. The lowest BCUT2D eigenvalue weighted by Crippen LogP contribution is -2.13. The van der Waals surface area contributed by atoms with Gasteiger partial charge in [-0.15, -0.1) is 0 Å². The summed E-state index contributed by atoms with van der Waals surface area (Å²) >= 11 is 0. The molecule has 0 radical (unpaired) electrons. The number of fused-ring (bicyclic) bond motifs is 1. The minimum absolute atomic E-state index is 0.00696. The van der Waals surface area contributed by atoms with Gasteiger partial charge in [-0.25, -0.2) is 9.18 Å². The lowest BCUT2D eigenvalue weighted by atomic mass is 10.1. The van der Waals surface area contributed by atoms with Crippen molar-refractivity contribution in [1.29, 1.82) is 0 Å². The molecule has 0 saturated heterocycles. The van der Waals surface area contributed by atoms with Crippen LogP contribution in [0.15, 0.2) is 51.7 Å². The summed E-state index contributed by atoms with van der Waals surface area (Å²) < 4.78 is 19.3. The summed E-state index contributed by atoms with van der Waals surface area (Å²) in [6.07, 6.45) is 0.00706. The predicted molar refractivity (Wildman–Crippen MR) is 90.0 cm³/mol. The van der Waals surface area contributed by atoms with Crippen molar-refractivity contribution in [2.24, 2.45) is 7.05 Å². The first kappa shape index (κ1) is 16.6. The second-order valence-electron chi connectivity index (χ2n) is 5.59. The van der Waals surface area contributed by atoms with E-state index >= 15 is 0 Å². The zero-order valence-corrected chi connectivity index (χ0v) is 13.4. The Labute approximate surface area is 141 Å². The molecule has 0 bridgehead atoms. The van der Waals surface area contributed by atoms with Crippen LogP contribution in [0.5, 0.6) is 0 Å². The van der Waals surface area contributed by atoms with Crippen LogP contribution in [0.3, 0.4) is 0 Å². The molecule has 2 aromatic carbocycles. The number of benzene rings is 2. The number of carbonyl (C=O) groups is 2. The molecule has 0 aliphatic rings.